The van der Waals surface area contributed by atoms with Gasteiger partial charge in [0.15, 0.2) is 6.61 Å². The molecule has 0 saturated carbocycles. The van der Waals surface area contributed by atoms with E-state index in [0.717, 1.165) is 0 Å². The molecule has 0 aromatic carbocycles. The van der Waals surface area contributed by atoms with Gasteiger partial charge in [-0.15, -0.1) is 0 Å². The van der Waals surface area contributed by atoms with Crippen LogP contribution in [0, 0.1) is 0 Å². The average Bonchev–Trinajstić information content (AvgIpc) is 2.09. The van der Waals surface area contributed by atoms with Crippen LogP contribution >= 0.6 is 0 Å². The number of hydrogen-bond acceptors (Lipinski definition) is 3. The largest absolute Gasteiger partial charge is 0.440 e. The number of amides is 1. The van der Waals surface area contributed by atoms with Crippen molar-refractivity contribution in [1.82, 2.24) is 5.32 Å². The molecule has 1 amide bonds. The van der Waals surface area contributed by atoms with Crippen molar-refractivity contribution >= 4 is 6.09 Å². The van der Waals surface area contributed by atoms with Crippen molar-refractivity contribution in [2.45, 2.75) is 25.6 Å². The molecule has 14 heavy (non-hydrogen) atoms. The number of alkyl halides is 3. The summed E-state index contributed by atoms with van der Waals surface area (Å²) in [5, 5.41) is 10.7. The SMILES string of the molecule is CC[C@H](CO)NC(=O)OCC(F)(F)F. The fourth-order valence-electron chi connectivity index (χ4n) is 0.633. The predicted octanol–water partition coefficient (Wildman–Crippen LogP) is 1.05. The monoisotopic (exact) mass is 215 g/mol. The van der Waals surface area contributed by atoms with Crippen LogP contribution < -0.4 is 5.32 Å². The molecule has 0 rings (SSSR count). The first-order valence-electron chi connectivity index (χ1n) is 4.00. The normalized spacial score (nSPS) is 13.5. The Labute approximate surface area is 79.0 Å². The first kappa shape index (κ1) is 13.0. The Balaban J connectivity index is 3.75. The van der Waals surface area contributed by atoms with Gasteiger partial charge in [-0.25, -0.2) is 4.79 Å². The van der Waals surface area contributed by atoms with E-state index in [0.29, 0.717) is 6.42 Å². The summed E-state index contributed by atoms with van der Waals surface area (Å²) in [6, 6.07) is -0.573. The summed E-state index contributed by atoms with van der Waals surface area (Å²) in [5.41, 5.74) is 0. The van der Waals surface area contributed by atoms with Crippen molar-refractivity contribution in [2.75, 3.05) is 13.2 Å². The van der Waals surface area contributed by atoms with Gasteiger partial charge in [-0.3, -0.25) is 0 Å². The van der Waals surface area contributed by atoms with Gasteiger partial charge >= 0.3 is 12.3 Å². The van der Waals surface area contributed by atoms with Crippen LogP contribution in [0.25, 0.3) is 0 Å². The highest BCUT2D eigenvalue weighted by Crippen LogP contribution is 2.14. The maximum Gasteiger partial charge on any atom is 0.422 e. The highest BCUT2D eigenvalue weighted by atomic mass is 19.4. The number of hydrogen-bond donors (Lipinski definition) is 2. The van der Waals surface area contributed by atoms with Crippen LogP contribution in [-0.2, 0) is 4.74 Å². The number of carbonyl (C=O) groups is 1. The third kappa shape index (κ3) is 6.53. The Bertz CT molecular complexity index is 180. The molecule has 0 aromatic rings. The zero-order valence-electron chi connectivity index (χ0n) is 7.60. The van der Waals surface area contributed by atoms with E-state index >= 15 is 0 Å². The lowest BCUT2D eigenvalue weighted by Crippen LogP contribution is -2.38. The zero-order chi connectivity index (χ0) is 11.2. The molecule has 0 aliphatic heterocycles. The number of rotatable bonds is 4. The molecule has 0 heterocycles. The lowest BCUT2D eigenvalue weighted by molar-refractivity contribution is -0.160. The first-order chi connectivity index (χ1) is 6.39. The molecule has 0 aliphatic rings. The Hall–Kier alpha value is -0.980. The third-order valence-electron chi connectivity index (χ3n) is 1.40. The van der Waals surface area contributed by atoms with Crippen LogP contribution in [0.4, 0.5) is 18.0 Å². The number of nitrogens with one attached hydrogen (secondary N) is 1. The van der Waals surface area contributed by atoms with E-state index < -0.39 is 24.9 Å². The zero-order valence-corrected chi connectivity index (χ0v) is 7.60. The molecular weight excluding hydrogens is 203 g/mol. The number of aliphatic hydroxyl groups is 1. The van der Waals surface area contributed by atoms with E-state index in [-0.39, 0.29) is 6.61 Å². The second-order valence-corrected chi connectivity index (χ2v) is 2.62. The topological polar surface area (TPSA) is 58.6 Å². The molecule has 0 aromatic heterocycles. The molecule has 0 fully saturated rings. The number of halogens is 3. The molecule has 1 atom stereocenters. The smallest absolute Gasteiger partial charge is 0.422 e. The van der Waals surface area contributed by atoms with Crippen LogP contribution in [0.1, 0.15) is 13.3 Å². The summed E-state index contributed by atoms with van der Waals surface area (Å²) in [4.78, 5) is 10.7. The van der Waals surface area contributed by atoms with E-state index in [1.165, 1.54) is 0 Å². The second-order valence-electron chi connectivity index (χ2n) is 2.62. The van der Waals surface area contributed by atoms with E-state index in [1.54, 1.807) is 6.92 Å². The van der Waals surface area contributed by atoms with Crippen molar-refractivity contribution in [1.29, 1.82) is 0 Å². The second kappa shape index (κ2) is 5.69. The van der Waals surface area contributed by atoms with Gasteiger partial charge in [0.1, 0.15) is 0 Å². The van der Waals surface area contributed by atoms with Crippen molar-refractivity contribution in [3.05, 3.63) is 0 Å². The molecular formula is C7H12F3NO3. The highest BCUT2D eigenvalue weighted by molar-refractivity contribution is 5.67. The van der Waals surface area contributed by atoms with Gasteiger partial charge in [0.2, 0.25) is 0 Å². The van der Waals surface area contributed by atoms with Crippen LogP contribution in [0.15, 0.2) is 0 Å². The quantitative estimate of drug-likeness (QED) is 0.736. The lowest BCUT2D eigenvalue weighted by atomic mass is 10.2. The molecule has 0 aliphatic carbocycles. The van der Waals surface area contributed by atoms with Gasteiger partial charge in [-0.05, 0) is 6.42 Å². The van der Waals surface area contributed by atoms with Crippen molar-refractivity contribution in [2.24, 2.45) is 0 Å². The molecule has 7 heteroatoms. The Kier molecular flexibility index (Phi) is 5.29. The van der Waals surface area contributed by atoms with Gasteiger partial charge in [0.25, 0.3) is 0 Å². The summed E-state index contributed by atoms with van der Waals surface area (Å²) in [6.45, 7) is -0.288. The van der Waals surface area contributed by atoms with Crippen LogP contribution in [-0.4, -0.2) is 36.6 Å². The standard InChI is InChI=1S/C7H12F3NO3/c1-2-5(3-12)11-6(13)14-4-7(8,9)10/h5,12H,2-4H2,1H3,(H,11,13)/t5-/m1/s1. The van der Waals surface area contributed by atoms with Gasteiger partial charge < -0.3 is 15.2 Å². The first-order valence-corrected chi connectivity index (χ1v) is 4.00. The lowest BCUT2D eigenvalue weighted by Gasteiger charge is -2.14. The fraction of sp³-hybridized carbons (Fsp3) is 0.857. The highest BCUT2D eigenvalue weighted by Gasteiger charge is 2.29. The summed E-state index contributed by atoms with van der Waals surface area (Å²) >= 11 is 0. The van der Waals surface area contributed by atoms with E-state index in [9.17, 15) is 18.0 Å². The van der Waals surface area contributed by atoms with Gasteiger partial charge in [-0.1, -0.05) is 6.92 Å². The fourth-order valence-corrected chi connectivity index (χ4v) is 0.633. The average molecular weight is 215 g/mol. The summed E-state index contributed by atoms with van der Waals surface area (Å²) in [5.74, 6) is 0. The number of carbonyl (C=O) groups excluding carboxylic acids is 1. The van der Waals surface area contributed by atoms with Crippen molar-refractivity contribution in [3.63, 3.8) is 0 Å². The minimum absolute atomic E-state index is 0.336. The summed E-state index contributed by atoms with van der Waals surface area (Å²) in [7, 11) is 0. The molecule has 0 radical (unpaired) electrons. The molecule has 4 nitrogen and oxygen atoms in total. The minimum Gasteiger partial charge on any atom is -0.440 e. The van der Waals surface area contributed by atoms with Crippen molar-refractivity contribution < 1.29 is 27.8 Å². The number of ether oxygens (including phenoxy) is 1. The van der Waals surface area contributed by atoms with Crippen LogP contribution in [0.3, 0.4) is 0 Å². The summed E-state index contributed by atoms with van der Waals surface area (Å²) in [6.07, 6.45) is -5.29. The predicted molar refractivity (Wildman–Crippen MR) is 41.7 cm³/mol. The Morgan fingerprint density at radius 1 is 1.57 bits per heavy atom. The minimum atomic E-state index is -4.53. The van der Waals surface area contributed by atoms with Crippen LogP contribution in [0.5, 0.6) is 0 Å². The molecule has 2 N–H and O–H groups in total. The maximum absolute atomic E-state index is 11.6. The van der Waals surface area contributed by atoms with E-state index in [4.69, 9.17) is 5.11 Å². The molecule has 0 spiro atoms. The van der Waals surface area contributed by atoms with Gasteiger partial charge in [0.05, 0.1) is 12.6 Å². The summed E-state index contributed by atoms with van der Waals surface area (Å²) < 4.78 is 38.5. The molecule has 0 unspecified atom stereocenters. The number of aliphatic hydroxyl groups excluding tert-OH is 1. The molecule has 0 bridgehead atoms. The Morgan fingerprint density at radius 2 is 2.14 bits per heavy atom. The van der Waals surface area contributed by atoms with Crippen LogP contribution in [0.2, 0.25) is 0 Å². The van der Waals surface area contributed by atoms with Gasteiger partial charge in [0, 0.05) is 0 Å². The third-order valence-corrected chi connectivity index (χ3v) is 1.40. The Morgan fingerprint density at radius 3 is 2.50 bits per heavy atom. The maximum atomic E-state index is 11.6. The van der Waals surface area contributed by atoms with Crippen molar-refractivity contribution in [3.8, 4) is 0 Å². The van der Waals surface area contributed by atoms with Gasteiger partial charge in [-0.2, -0.15) is 13.2 Å². The molecule has 84 valence electrons. The number of alkyl carbamates (subject to hydrolysis) is 1. The van der Waals surface area contributed by atoms with E-state index in [1.807, 2.05) is 0 Å². The van der Waals surface area contributed by atoms with E-state index in [2.05, 4.69) is 10.1 Å². The molecule has 0 saturated heterocycles.